The van der Waals surface area contributed by atoms with Gasteiger partial charge in [-0.1, -0.05) is 24.3 Å². The minimum absolute atomic E-state index is 0.480. The summed E-state index contributed by atoms with van der Waals surface area (Å²) in [4.78, 5) is 0.988. The van der Waals surface area contributed by atoms with Gasteiger partial charge in [0.15, 0.2) is 0 Å². The van der Waals surface area contributed by atoms with Crippen LogP contribution in [0.25, 0.3) is 0 Å². The lowest BCUT2D eigenvalue weighted by atomic mass is 10.1. The molecule has 0 aromatic heterocycles. The molecule has 5 heteroatoms. The first kappa shape index (κ1) is 14.8. The number of aryl methyl sites for hydroxylation is 1. The summed E-state index contributed by atoms with van der Waals surface area (Å²) in [5.74, 6) is 0.480. The predicted molar refractivity (Wildman–Crippen MR) is 76.6 cm³/mol. The van der Waals surface area contributed by atoms with Crippen molar-refractivity contribution >= 4 is 17.4 Å². The van der Waals surface area contributed by atoms with Crippen LogP contribution in [-0.4, -0.2) is 0 Å². The number of hydrogen-bond donors (Lipinski definition) is 1. The molecule has 20 heavy (non-hydrogen) atoms. The van der Waals surface area contributed by atoms with Gasteiger partial charge in [-0.2, -0.15) is 13.2 Å². The van der Waals surface area contributed by atoms with Crippen molar-refractivity contribution in [3.63, 3.8) is 0 Å². The van der Waals surface area contributed by atoms with Crippen LogP contribution in [0.1, 0.15) is 16.7 Å². The Labute approximate surface area is 120 Å². The minimum Gasteiger partial charge on any atom is -0.399 e. The van der Waals surface area contributed by atoms with Crippen LogP contribution in [0.4, 0.5) is 18.9 Å². The molecule has 0 amide bonds. The van der Waals surface area contributed by atoms with E-state index in [0.717, 1.165) is 16.5 Å². The zero-order valence-electron chi connectivity index (χ0n) is 10.9. The fraction of sp³-hybridized carbons (Fsp3) is 0.200. The Morgan fingerprint density at radius 3 is 2.55 bits per heavy atom. The first-order valence-electron chi connectivity index (χ1n) is 6.01. The summed E-state index contributed by atoms with van der Waals surface area (Å²) in [7, 11) is 0. The Balaban J connectivity index is 2.13. The number of nitrogens with two attached hydrogens (primary N) is 1. The third kappa shape index (κ3) is 3.70. The van der Waals surface area contributed by atoms with E-state index in [1.54, 1.807) is 6.07 Å². The number of anilines is 1. The van der Waals surface area contributed by atoms with Crippen molar-refractivity contribution in [3.8, 4) is 0 Å². The standard InChI is InChI=1S/C15H14F3NS/c1-10-5-6-13(19)8-14(10)20-9-11-3-2-4-12(7-11)15(16,17)18/h2-8H,9,19H2,1H3. The Kier molecular flexibility index (Phi) is 4.28. The van der Waals surface area contributed by atoms with E-state index in [0.29, 0.717) is 17.0 Å². The van der Waals surface area contributed by atoms with Crippen LogP contribution >= 0.6 is 11.8 Å². The van der Waals surface area contributed by atoms with Gasteiger partial charge in [0.05, 0.1) is 5.56 Å². The van der Waals surface area contributed by atoms with Crippen molar-refractivity contribution in [2.24, 2.45) is 0 Å². The normalized spacial score (nSPS) is 11.6. The molecule has 0 atom stereocenters. The molecule has 0 fully saturated rings. The lowest BCUT2D eigenvalue weighted by molar-refractivity contribution is -0.137. The molecule has 2 aromatic carbocycles. The molecule has 0 saturated heterocycles. The number of halogens is 3. The molecule has 0 spiro atoms. The van der Waals surface area contributed by atoms with Gasteiger partial charge in [-0.3, -0.25) is 0 Å². The van der Waals surface area contributed by atoms with Crippen LogP contribution in [0.2, 0.25) is 0 Å². The number of benzene rings is 2. The maximum Gasteiger partial charge on any atom is 0.416 e. The van der Waals surface area contributed by atoms with E-state index in [-0.39, 0.29) is 0 Å². The monoisotopic (exact) mass is 297 g/mol. The summed E-state index contributed by atoms with van der Waals surface area (Å²) >= 11 is 1.49. The highest BCUT2D eigenvalue weighted by molar-refractivity contribution is 7.98. The average Bonchev–Trinajstić information content (AvgIpc) is 2.39. The van der Waals surface area contributed by atoms with Crippen molar-refractivity contribution in [2.75, 3.05) is 5.73 Å². The van der Waals surface area contributed by atoms with E-state index in [4.69, 9.17) is 5.73 Å². The van der Waals surface area contributed by atoms with Crippen LogP contribution in [0.5, 0.6) is 0 Å². The number of rotatable bonds is 3. The Hall–Kier alpha value is -1.62. The molecule has 0 radical (unpaired) electrons. The molecule has 0 unspecified atom stereocenters. The second-order valence-corrected chi connectivity index (χ2v) is 5.53. The van der Waals surface area contributed by atoms with Gasteiger partial charge in [-0.05, 0) is 36.2 Å². The van der Waals surface area contributed by atoms with Gasteiger partial charge in [0, 0.05) is 16.3 Å². The third-order valence-electron chi connectivity index (χ3n) is 2.86. The fourth-order valence-corrected chi connectivity index (χ4v) is 2.79. The molecule has 0 aliphatic heterocycles. The van der Waals surface area contributed by atoms with Crippen molar-refractivity contribution in [2.45, 2.75) is 23.7 Å². The second kappa shape index (κ2) is 5.79. The zero-order valence-corrected chi connectivity index (χ0v) is 11.7. The third-order valence-corrected chi connectivity index (χ3v) is 4.09. The highest BCUT2D eigenvalue weighted by Crippen LogP contribution is 2.32. The van der Waals surface area contributed by atoms with Gasteiger partial charge in [0.1, 0.15) is 0 Å². The summed E-state index contributed by atoms with van der Waals surface area (Å²) in [6.07, 6.45) is -4.30. The van der Waals surface area contributed by atoms with E-state index in [1.165, 1.54) is 23.9 Å². The Bertz CT molecular complexity index is 608. The van der Waals surface area contributed by atoms with Gasteiger partial charge in [-0.25, -0.2) is 0 Å². The first-order chi connectivity index (χ1) is 9.36. The highest BCUT2D eigenvalue weighted by atomic mass is 32.2. The maximum atomic E-state index is 12.6. The summed E-state index contributed by atoms with van der Waals surface area (Å²) in [6, 6.07) is 11.0. The van der Waals surface area contributed by atoms with Crippen LogP contribution in [-0.2, 0) is 11.9 Å². The van der Waals surface area contributed by atoms with Crippen LogP contribution in [0, 0.1) is 6.92 Å². The van der Waals surface area contributed by atoms with E-state index < -0.39 is 11.7 Å². The summed E-state index contributed by atoms with van der Waals surface area (Å²) < 4.78 is 37.9. The molecule has 2 aromatic rings. The number of nitrogen functional groups attached to an aromatic ring is 1. The lowest BCUT2D eigenvalue weighted by Gasteiger charge is -2.10. The topological polar surface area (TPSA) is 26.0 Å². The van der Waals surface area contributed by atoms with Gasteiger partial charge >= 0.3 is 6.18 Å². The predicted octanol–water partition coefficient (Wildman–Crippen LogP) is 4.89. The maximum absolute atomic E-state index is 12.6. The van der Waals surface area contributed by atoms with Crippen molar-refractivity contribution in [1.82, 2.24) is 0 Å². The van der Waals surface area contributed by atoms with Crippen LogP contribution in [0.3, 0.4) is 0 Å². The van der Waals surface area contributed by atoms with Crippen LogP contribution in [0.15, 0.2) is 47.4 Å². The Morgan fingerprint density at radius 1 is 1.10 bits per heavy atom. The second-order valence-electron chi connectivity index (χ2n) is 4.51. The van der Waals surface area contributed by atoms with Crippen molar-refractivity contribution < 1.29 is 13.2 Å². The molecular formula is C15H14F3NS. The van der Waals surface area contributed by atoms with Gasteiger partial charge in [0.2, 0.25) is 0 Å². The summed E-state index contributed by atoms with van der Waals surface area (Å²) in [5.41, 5.74) is 7.47. The van der Waals surface area contributed by atoms with Gasteiger partial charge in [0.25, 0.3) is 0 Å². The van der Waals surface area contributed by atoms with E-state index in [1.807, 2.05) is 25.1 Å². The molecule has 0 aliphatic carbocycles. The first-order valence-corrected chi connectivity index (χ1v) is 7.00. The SMILES string of the molecule is Cc1ccc(N)cc1SCc1cccc(C(F)(F)F)c1. The lowest BCUT2D eigenvalue weighted by Crippen LogP contribution is -2.04. The number of alkyl halides is 3. The molecule has 0 heterocycles. The smallest absolute Gasteiger partial charge is 0.399 e. The summed E-state index contributed by atoms with van der Waals surface area (Å²) in [6.45, 7) is 1.95. The molecule has 1 nitrogen and oxygen atoms in total. The molecular weight excluding hydrogens is 283 g/mol. The van der Waals surface area contributed by atoms with Crippen molar-refractivity contribution in [1.29, 1.82) is 0 Å². The van der Waals surface area contributed by atoms with Gasteiger partial charge in [-0.15, -0.1) is 11.8 Å². The molecule has 2 rings (SSSR count). The molecule has 0 aliphatic rings. The average molecular weight is 297 g/mol. The fourth-order valence-electron chi connectivity index (χ4n) is 1.77. The molecule has 0 saturated carbocycles. The van der Waals surface area contributed by atoms with E-state index >= 15 is 0 Å². The quantitative estimate of drug-likeness (QED) is 0.645. The molecule has 106 valence electrons. The number of thioether (sulfide) groups is 1. The molecule has 0 bridgehead atoms. The summed E-state index contributed by atoms with van der Waals surface area (Å²) in [5, 5.41) is 0. The Morgan fingerprint density at radius 2 is 1.85 bits per heavy atom. The zero-order chi connectivity index (χ0) is 14.8. The number of hydrogen-bond acceptors (Lipinski definition) is 2. The van der Waals surface area contributed by atoms with Crippen LogP contribution < -0.4 is 5.73 Å². The minimum atomic E-state index is -4.30. The van der Waals surface area contributed by atoms with E-state index in [9.17, 15) is 13.2 Å². The van der Waals surface area contributed by atoms with Gasteiger partial charge < -0.3 is 5.73 Å². The van der Waals surface area contributed by atoms with Crippen molar-refractivity contribution in [3.05, 3.63) is 59.2 Å². The highest BCUT2D eigenvalue weighted by Gasteiger charge is 2.30. The molecule has 2 N–H and O–H groups in total. The van der Waals surface area contributed by atoms with E-state index in [2.05, 4.69) is 0 Å². The largest absolute Gasteiger partial charge is 0.416 e.